The van der Waals surface area contributed by atoms with Crippen molar-refractivity contribution in [3.05, 3.63) is 23.8 Å². The zero-order valence-corrected chi connectivity index (χ0v) is 13.0. The Morgan fingerprint density at radius 1 is 1.38 bits per heavy atom. The van der Waals surface area contributed by atoms with Crippen LogP contribution in [0.3, 0.4) is 0 Å². The molecule has 0 bridgehead atoms. The van der Waals surface area contributed by atoms with Gasteiger partial charge in [-0.1, -0.05) is 0 Å². The highest BCUT2D eigenvalue weighted by Crippen LogP contribution is 2.24. The SMILES string of the molecule is COCCN(Cc1cc(OC)ccc1O)CC1CCCN1. The number of ether oxygens (including phenoxy) is 2. The van der Waals surface area contributed by atoms with Crippen molar-refractivity contribution in [3.8, 4) is 11.5 Å². The molecule has 21 heavy (non-hydrogen) atoms. The average Bonchev–Trinajstić information content (AvgIpc) is 3.00. The van der Waals surface area contributed by atoms with Crippen molar-refractivity contribution in [3.63, 3.8) is 0 Å². The van der Waals surface area contributed by atoms with Crippen LogP contribution in [0.2, 0.25) is 0 Å². The van der Waals surface area contributed by atoms with Crippen LogP contribution in [0.5, 0.6) is 11.5 Å². The maximum atomic E-state index is 10.0. The van der Waals surface area contributed by atoms with Gasteiger partial charge in [0.25, 0.3) is 0 Å². The van der Waals surface area contributed by atoms with Crippen LogP contribution in [-0.4, -0.2) is 56.5 Å². The molecule has 0 saturated carbocycles. The fraction of sp³-hybridized carbons (Fsp3) is 0.625. The van der Waals surface area contributed by atoms with Gasteiger partial charge in [0.2, 0.25) is 0 Å². The average molecular weight is 294 g/mol. The summed E-state index contributed by atoms with van der Waals surface area (Å²) in [7, 11) is 3.36. The Hall–Kier alpha value is -1.30. The van der Waals surface area contributed by atoms with Crippen molar-refractivity contribution in [2.75, 3.05) is 40.5 Å². The first-order valence-corrected chi connectivity index (χ1v) is 7.53. The van der Waals surface area contributed by atoms with Crippen molar-refractivity contribution in [1.82, 2.24) is 10.2 Å². The first-order valence-electron chi connectivity index (χ1n) is 7.53. The summed E-state index contributed by atoms with van der Waals surface area (Å²) in [5.74, 6) is 1.09. The molecule has 1 fully saturated rings. The Bertz CT molecular complexity index is 434. The van der Waals surface area contributed by atoms with Crippen LogP contribution in [0, 0.1) is 0 Å². The molecule has 5 nitrogen and oxygen atoms in total. The van der Waals surface area contributed by atoms with Crippen LogP contribution in [0.15, 0.2) is 18.2 Å². The minimum Gasteiger partial charge on any atom is -0.508 e. The topological polar surface area (TPSA) is 54.0 Å². The van der Waals surface area contributed by atoms with E-state index in [0.717, 1.165) is 30.9 Å². The van der Waals surface area contributed by atoms with E-state index in [1.165, 1.54) is 12.8 Å². The molecule has 0 amide bonds. The molecule has 1 aromatic carbocycles. The van der Waals surface area contributed by atoms with E-state index in [1.54, 1.807) is 26.4 Å². The third-order valence-electron chi connectivity index (χ3n) is 3.93. The predicted molar refractivity (Wildman–Crippen MR) is 82.8 cm³/mol. The van der Waals surface area contributed by atoms with Gasteiger partial charge in [-0.3, -0.25) is 4.90 Å². The Balaban J connectivity index is 2.02. The second kappa shape index (κ2) is 8.22. The number of aromatic hydroxyl groups is 1. The lowest BCUT2D eigenvalue weighted by atomic mass is 10.1. The van der Waals surface area contributed by atoms with E-state index < -0.39 is 0 Å². The monoisotopic (exact) mass is 294 g/mol. The molecular weight excluding hydrogens is 268 g/mol. The van der Waals surface area contributed by atoms with Gasteiger partial charge in [-0.15, -0.1) is 0 Å². The van der Waals surface area contributed by atoms with E-state index in [2.05, 4.69) is 10.2 Å². The highest BCUT2D eigenvalue weighted by molar-refractivity contribution is 5.39. The number of phenolic OH excluding ortho intramolecular Hbond substituents is 1. The van der Waals surface area contributed by atoms with Gasteiger partial charge in [0, 0.05) is 38.3 Å². The van der Waals surface area contributed by atoms with E-state index in [0.29, 0.717) is 24.9 Å². The van der Waals surface area contributed by atoms with Crippen molar-refractivity contribution < 1.29 is 14.6 Å². The zero-order chi connectivity index (χ0) is 15.1. The van der Waals surface area contributed by atoms with Gasteiger partial charge < -0.3 is 19.9 Å². The predicted octanol–water partition coefficient (Wildman–Crippen LogP) is 1.60. The van der Waals surface area contributed by atoms with Crippen LogP contribution in [-0.2, 0) is 11.3 Å². The van der Waals surface area contributed by atoms with Crippen LogP contribution >= 0.6 is 0 Å². The maximum absolute atomic E-state index is 10.0. The number of nitrogens with one attached hydrogen (secondary N) is 1. The first-order chi connectivity index (χ1) is 10.2. The lowest BCUT2D eigenvalue weighted by Gasteiger charge is -2.26. The summed E-state index contributed by atoms with van der Waals surface area (Å²) in [5.41, 5.74) is 0.892. The van der Waals surface area contributed by atoms with Crippen LogP contribution < -0.4 is 10.1 Å². The molecule has 118 valence electrons. The molecule has 1 heterocycles. The molecule has 1 atom stereocenters. The lowest BCUT2D eigenvalue weighted by Crippen LogP contribution is -2.38. The number of nitrogens with zero attached hydrogens (tertiary/aromatic N) is 1. The molecule has 0 spiro atoms. The summed E-state index contributed by atoms with van der Waals surface area (Å²) in [6.07, 6.45) is 2.46. The standard InChI is InChI=1S/C16H26N2O3/c1-20-9-8-18(12-14-4-3-7-17-14)11-13-10-15(21-2)5-6-16(13)19/h5-6,10,14,17,19H,3-4,7-9,11-12H2,1-2H3. The highest BCUT2D eigenvalue weighted by atomic mass is 16.5. The number of hydrogen-bond donors (Lipinski definition) is 2. The Morgan fingerprint density at radius 2 is 2.24 bits per heavy atom. The molecule has 0 aliphatic carbocycles. The smallest absolute Gasteiger partial charge is 0.120 e. The fourth-order valence-corrected chi connectivity index (χ4v) is 2.74. The summed E-state index contributed by atoms with van der Waals surface area (Å²) in [6, 6.07) is 5.90. The third kappa shape index (κ3) is 4.88. The van der Waals surface area contributed by atoms with E-state index in [-0.39, 0.29) is 0 Å². The number of hydrogen-bond acceptors (Lipinski definition) is 5. The third-order valence-corrected chi connectivity index (χ3v) is 3.93. The van der Waals surface area contributed by atoms with Crippen molar-refractivity contribution >= 4 is 0 Å². The molecule has 2 N–H and O–H groups in total. The van der Waals surface area contributed by atoms with Gasteiger partial charge in [-0.05, 0) is 37.6 Å². The number of phenols is 1. The first kappa shape index (κ1) is 16.1. The minimum atomic E-state index is 0.317. The molecule has 1 aromatic rings. The van der Waals surface area contributed by atoms with E-state index >= 15 is 0 Å². The molecule has 5 heteroatoms. The normalized spacial score (nSPS) is 18.3. The Kier molecular flexibility index (Phi) is 6.29. The molecule has 1 unspecified atom stereocenters. The van der Waals surface area contributed by atoms with Crippen molar-refractivity contribution in [2.45, 2.75) is 25.4 Å². The van der Waals surface area contributed by atoms with Crippen LogP contribution in [0.4, 0.5) is 0 Å². The summed E-state index contributed by atoms with van der Waals surface area (Å²) < 4.78 is 10.4. The van der Waals surface area contributed by atoms with Gasteiger partial charge in [-0.2, -0.15) is 0 Å². The second-order valence-corrected chi connectivity index (χ2v) is 5.52. The number of methoxy groups -OCH3 is 2. The lowest BCUT2D eigenvalue weighted by molar-refractivity contribution is 0.137. The van der Waals surface area contributed by atoms with Crippen molar-refractivity contribution in [2.24, 2.45) is 0 Å². The van der Waals surface area contributed by atoms with Crippen LogP contribution in [0.1, 0.15) is 18.4 Å². The van der Waals surface area contributed by atoms with E-state index in [4.69, 9.17) is 9.47 Å². The number of benzene rings is 1. The molecule has 0 radical (unpaired) electrons. The van der Waals surface area contributed by atoms with Gasteiger partial charge in [0.05, 0.1) is 13.7 Å². The molecule has 0 aromatic heterocycles. The van der Waals surface area contributed by atoms with Crippen molar-refractivity contribution in [1.29, 1.82) is 0 Å². The van der Waals surface area contributed by atoms with Crippen LogP contribution in [0.25, 0.3) is 0 Å². The largest absolute Gasteiger partial charge is 0.508 e. The molecule has 1 saturated heterocycles. The Labute approximate surface area is 126 Å². The molecule has 2 rings (SSSR count). The summed E-state index contributed by atoms with van der Waals surface area (Å²) in [5, 5.41) is 13.6. The van der Waals surface area contributed by atoms with E-state index in [9.17, 15) is 5.11 Å². The second-order valence-electron chi connectivity index (χ2n) is 5.52. The number of rotatable bonds is 8. The highest BCUT2D eigenvalue weighted by Gasteiger charge is 2.19. The minimum absolute atomic E-state index is 0.317. The quantitative estimate of drug-likeness (QED) is 0.763. The Morgan fingerprint density at radius 3 is 2.90 bits per heavy atom. The summed E-state index contributed by atoms with van der Waals surface area (Å²) in [4.78, 5) is 2.32. The van der Waals surface area contributed by atoms with Gasteiger partial charge in [0.15, 0.2) is 0 Å². The summed E-state index contributed by atoms with van der Waals surface area (Å²) in [6.45, 7) is 4.32. The fourth-order valence-electron chi connectivity index (χ4n) is 2.74. The molecule has 1 aliphatic heterocycles. The molecular formula is C16H26N2O3. The van der Waals surface area contributed by atoms with Gasteiger partial charge in [-0.25, -0.2) is 0 Å². The summed E-state index contributed by atoms with van der Waals surface area (Å²) >= 11 is 0. The maximum Gasteiger partial charge on any atom is 0.120 e. The molecule has 1 aliphatic rings. The van der Waals surface area contributed by atoms with Gasteiger partial charge >= 0.3 is 0 Å². The van der Waals surface area contributed by atoms with Gasteiger partial charge in [0.1, 0.15) is 11.5 Å². The van der Waals surface area contributed by atoms with E-state index in [1.807, 2.05) is 6.07 Å². The zero-order valence-electron chi connectivity index (χ0n) is 13.0.